The van der Waals surface area contributed by atoms with Gasteiger partial charge in [-0.2, -0.15) is 11.3 Å². The number of aryl methyl sites for hydroxylation is 2. The first-order chi connectivity index (χ1) is 9.16. The summed E-state index contributed by atoms with van der Waals surface area (Å²) >= 11 is 3.45. The number of nitrogens with one attached hydrogen (secondary N) is 1. The third-order valence-electron chi connectivity index (χ3n) is 2.85. The molecule has 0 saturated carbocycles. The summed E-state index contributed by atoms with van der Waals surface area (Å²) < 4.78 is 0. The molecular weight excluding hydrogens is 274 g/mol. The van der Waals surface area contributed by atoms with Crippen LogP contribution >= 0.6 is 22.7 Å². The van der Waals surface area contributed by atoms with E-state index in [0.717, 1.165) is 41.9 Å². The Balaban J connectivity index is 1.80. The van der Waals surface area contributed by atoms with Gasteiger partial charge in [-0.25, -0.2) is 0 Å². The summed E-state index contributed by atoms with van der Waals surface area (Å²) in [5.41, 5.74) is 2.54. The molecule has 0 aliphatic heterocycles. The zero-order valence-electron chi connectivity index (χ0n) is 11.8. The molecule has 0 spiro atoms. The number of nitrogens with zero attached hydrogens (tertiary/aromatic N) is 2. The molecule has 2 rings (SSSR count). The molecular formula is C14H21N3S2. The van der Waals surface area contributed by atoms with Gasteiger partial charge in [-0.1, -0.05) is 25.2 Å². The number of aromatic nitrogens is 2. The Hall–Kier alpha value is -0.780. The van der Waals surface area contributed by atoms with Crippen molar-refractivity contribution in [3.63, 3.8) is 0 Å². The van der Waals surface area contributed by atoms with Gasteiger partial charge in [0.2, 0.25) is 0 Å². The van der Waals surface area contributed by atoms with E-state index in [1.807, 2.05) is 0 Å². The molecule has 0 unspecified atom stereocenters. The fourth-order valence-electron chi connectivity index (χ4n) is 1.80. The lowest BCUT2D eigenvalue weighted by Gasteiger charge is -2.05. The Labute approximate surface area is 123 Å². The Morgan fingerprint density at radius 3 is 2.79 bits per heavy atom. The van der Waals surface area contributed by atoms with Crippen molar-refractivity contribution in [2.24, 2.45) is 5.92 Å². The van der Waals surface area contributed by atoms with Gasteiger partial charge in [0.15, 0.2) is 0 Å². The second kappa shape index (κ2) is 7.12. The number of rotatable bonds is 7. The van der Waals surface area contributed by atoms with Crippen molar-refractivity contribution in [1.29, 1.82) is 0 Å². The fourth-order valence-corrected chi connectivity index (χ4v) is 3.67. The fraction of sp³-hybridized carbons (Fsp3) is 0.571. The topological polar surface area (TPSA) is 37.8 Å². The summed E-state index contributed by atoms with van der Waals surface area (Å²) in [7, 11) is 0. The van der Waals surface area contributed by atoms with E-state index in [1.54, 1.807) is 22.7 Å². The smallest absolute Gasteiger partial charge is 0.148 e. The lowest BCUT2D eigenvalue weighted by atomic mass is 10.2. The van der Waals surface area contributed by atoms with Crippen LogP contribution in [0.5, 0.6) is 0 Å². The average molecular weight is 295 g/mol. The maximum atomic E-state index is 4.30. The summed E-state index contributed by atoms with van der Waals surface area (Å²) in [5, 5.41) is 18.6. The van der Waals surface area contributed by atoms with Crippen LogP contribution in [0, 0.1) is 12.8 Å². The Kier molecular flexibility index (Phi) is 5.48. The van der Waals surface area contributed by atoms with E-state index in [4.69, 9.17) is 0 Å². The third kappa shape index (κ3) is 4.37. The highest BCUT2D eigenvalue weighted by molar-refractivity contribution is 7.15. The van der Waals surface area contributed by atoms with Gasteiger partial charge in [-0.3, -0.25) is 0 Å². The third-order valence-corrected chi connectivity index (χ3v) is 4.73. The normalized spacial score (nSPS) is 11.4. The summed E-state index contributed by atoms with van der Waals surface area (Å²) in [6.45, 7) is 8.74. The molecule has 2 aromatic rings. The highest BCUT2D eigenvalue weighted by Gasteiger charge is 2.09. The van der Waals surface area contributed by atoms with E-state index < -0.39 is 0 Å². The van der Waals surface area contributed by atoms with Crippen LogP contribution in [0.4, 0.5) is 0 Å². The minimum atomic E-state index is 0.717. The van der Waals surface area contributed by atoms with E-state index in [0.29, 0.717) is 0 Å². The Bertz CT molecular complexity index is 502. The highest BCUT2D eigenvalue weighted by Crippen LogP contribution is 2.29. The Morgan fingerprint density at radius 1 is 1.26 bits per heavy atom. The lowest BCUT2D eigenvalue weighted by Crippen LogP contribution is -2.21. The van der Waals surface area contributed by atoms with Crippen LogP contribution in [-0.2, 0) is 6.42 Å². The first kappa shape index (κ1) is 14.6. The number of hydrogen-bond acceptors (Lipinski definition) is 5. The molecule has 0 aromatic carbocycles. The van der Waals surface area contributed by atoms with Gasteiger partial charge in [0.1, 0.15) is 10.0 Å². The molecule has 0 fully saturated rings. The molecule has 104 valence electrons. The SMILES string of the molecule is Cc1cscc1-c1nnc(CCCNCC(C)C)s1. The monoisotopic (exact) mass is 295 g/mol. The van der Waals surface area contributed by atoms with Crippen LogP contribution in [0.15, 0.2) is 10.8 Å². The number of thiophene rings is 1. The standard InChI is InChI=1S/C14H21N3S2/c1-10(2)7-15-6-4-5-13-16-17-14(19-13)12-9-18-8-11(12)3/h8-10,15H,4-7H2,1-3H3. The summed E-state index contributed by atoms with van der Waals surface area (Å²) in [6, 6.07) is 0. The van der Waals surface area contributed by atoms with Crippen molar-refractivity contribution in [3.8, 4) is 10.6 Å². The molecule has 0 atom stereocenters. The van der Waals surface area contributed by atoms with Crippen molar-refractivity contribution in [2.75, 3.05) is 13.1 Å². The molecule has 0 aliphatic carbocycles. The zero-order valence-corrected chi connectivity index (χ0v) is 13.4. The maximum absolute atomic E-state index is 4.30. The van der Waals surface area contributed by atoms with Gasteiger partial charge in [0, 0.05) is 17.4 Å². The van der Waals surface area contributed by atoms with Crippen molar-refractivity contribution in [3.05, 3.63) is 21.3 Å². The average Bonchev–Trinajstić information content (AvgIpc) is 2.97. The molecule has 3 nitrogen and oxygen atoms in total. The molecule has 2 heterocycles. The molecule has 5 heteroatoms. The molecule has 0 saturated heterocycles. The van der Waals surface area contributed by atoms with Gasteiger partial charge >= 0.3 is 0 Å². The van der Waals surface area contributed by atoms with Gasteiger partial charge in [0.05, 0.1) is 0 Å². The predicted octanol–water partition coefficient (Wildman–Crippen LogP) is 3.75. The molecule has 0 amide bonds. The maximum Gasteiger partial charge on any atom is 0.148 e. The molecule has 2 aromatic heterocycles. The van der Waals surface area contributed by atoms with Gasteiger partial charge in [0.25, 0.3) is 0 Å². The summed E-state index contributed by atoms with van der Waals surface area (Å²) in [6.07, 6.45) is 2.15. The second-order valence-electron chi connectivity index (χ2n) is 5.17. The van der Waals surface area contributed by atoms with Crippen molar-refractivity contribution >= 4 is 22.7 Å². The molecule has 0 bridgehead atoms. The van der Waals surface area contributed by atoms with Crippen molar-refractivity contribution in [2.45, 2.75) is 33.6 Å². The first-order valence-electron chi connectivity index (χ1n) is 6.73. The van der Waals surface area contributed by atoms with Crippen LogP contribution in [0.1, 0.15) is 30.8 Å². The Morgan fingerprint density at radius 2 is 2.11 bits per heavy atom. The summed E-state index contributed by atoms with van der Waals surface area (Å²) in [4.78, 5) is 0. The predicted molar refractivity (Wildman–Crippen MR) is 84.0 cm³/mol. The minimum absolute atomic E-state index is 0.717. The van der Waals surface area contributed by atoms with E-state index in [1.165, 1.54) is 11.1 Å². The van der Waals surface area contributed by atoms with Gasteiger partial charge in [-0.15, -0.1) is 10.2 Å². The van der Waals surface area contributed by atoms with Crippen LogP contribution in [0.25, 0.3) is 10.6 Å². The van der Waals surface area contributed by atoms with Gasteiger partial charge in [-0.05, 0) is 43.3 Å². The number of hydrogen-bond donors (Lipinski definition) is 1. The van der Waals surface area contributed by atoms with E-state index in [2.05, 4.69) is 47.0 Å². The van der Waals surface area contributed by atoms with Crippen LogP contribution in [0.3, 0.4) is 0 Å². The zero-order chi connectivity index (χ0) is 13.7. The van der Waals surface area contributed by atoms with Crippen LogP contribution in [-0.4, -0.2) is 23.3 Å². The summed E-state index contributed by atoms with van der Waals surface area (Å²) in [5.74, 6) is 0.717. The van der Waals surface area contributed by atoms with E-state index in [-0.39, 0.29) is 0 Å². The van der Waals surface area contributed by atoms with Crippen molar-refractivity contribution < 1.29 is 0 Å². The van der Waals surface area contributed by atoms with Crippen molar-refractivity contribution in [1.82, 2.24) is 15.5 Å². The van der Waals surface area contributed by atoms with Crippen LogP contribution < -0.4 is 5.32 Å². The largest absolute Gasteiger partial charge is 0.316 e. The minimum Gasteiger partial charge on any atom is -0.316 e. The quantitative estimate of drug-likeness (QED) is 0.790. The molecule has 19 heavy (non-hydrogen) atoms. The molecule has 0 aliphatic rings. The molecule has 1 N–H and O–H groups in total. The lowest BCUT2D eigenvalue weighted by molar-refractivity contribution is 0.542. The molecule has 0 radical (unpaired) electrons. The van der Waals surface area contributed by atoms with Gasteiger partial charge < -0.3 is 5.32 Å². The first-order valence-corrected chi connectivity index (χ1v) is 8.49. The van der Waals surface area contributed by atoms with E-state index in [9.17, 15) is 0 Å². The van der Waals surface area contributed by atoms with Crippen LogP contribution in [0.2, 0.25) is 0 Å². The van der Waals surface area contributed by atoms with E-state index >= 15 is 0 Å². The second-order valence-corrected chi connectivity index (χ2v) is 6.98. The highest BCUT2D eigenvalue weighted by atomic mass is 32.1.